The molecule has 26 heavy (non-hydrogen) atoms. The number of aliphatic hydroxyl groups is 1. The Morgan fingerprint density at radius 2 is 2.08 bits per heavy atom. The number of nitrogens with zero attached hydrogens (tertiary/aromatic N) is 1. The Labute approximate surface area is 158 Å². The summed E-state index contributed by atoms with van der Waals surface area (Å²) in [6.07, 6.45) is 6.08. The van der Waals surface area contributed by atoms with Gasteiger partial charge in [-0.2, -0.15) is 0 Å². The van der Waals surface area contributed by atoms with Crippen LogP contribution in [-0.4, -0.2) is 48.5 Å². The topological polar surface area (TPSA) is 41.9 Å². The molecule has 1 heterocycles. The Balaban J connectivity index is 1.92. The zero-order chi connectivity index (χ0) is 18.7. The van der Waals surface area contributed by atoms with Gasteiger partial charge >= 0.3 is 0 Å². The smallest absolute Gasteiger partial charge is 0.161 e. The van der Waals surface area contributed by atoms with E-state index in [0.29, 0.717) is 6.04 Å². The minimum Gasteiger partial charge on any atom is -0.490 e. The number of rotatable bonds is 7. The number of unbranched alkanes of at least 4 members (excludes halogenated alkanes) is 1. The van der Waals surface area contributed by atoms with Crippen LogP contribution in [-0.2, 0) is 5.41 Å². The number of likely N-dealkylation sites (N-methyl/N-ethyl adjacent to an activating group) is 1. The van der Waals surface area contributed by atoms with E-state index in [1.54, 1.807) is 0 Å². The lowest BCUT2D eigenvalue weighted by atomic mass is 9.65. The van der Waals surface area contributed by atoms with Crippen molar-refractivity contribution in [3.05, 3.63) is 23.8 Å². The molecule has 4 nitrogen and oxygen atoms in total. The first-order chi connectivity index (χ1) is 12.5. The van der Waals surface area contributed by atoms with Gasteiger partial charge in [0.05, 0.1) is 18.8 Å². The highest BCUT2D eigenvalue weighted by Gasteiger charge is 2.50. The summed E-state index contributed by atoms with van der Waals surface area (Å²) in [6, 6.07) is 6.95. The fourth-order valence-corrected chi connectivity index (χ4v) is 4.71. The highest BCUT2D eigenvalue weighted by atomic mass is 16.5. The number of ether oxygens (including phenoxy) is 2. The number of fused-ring (bicyclic) bond motifs is 1. The molecule has 1 N–H and O–H groups in total. The number of hydrogen-bond acceptors (Lipinski definition) is 4. The van der Waals surface area contributed by atoms with Crippen LogP contribution in [0.5, 0.6) is 11.5 Å². The van der Waals surface area contributed by atoms with Crippen LogP contribution in [0.15, 0.2) is 18.2 Å². The van der Waals surface area contributed by atoms with Gasteiger partial charge in [-0.15, -0.1) is 0 Å². The molecule has 2 aliphatic rings. The van der Waals surface area contributed by atoms with Crippen molar-refractivity contribution in [2.75, 3.05) is 20.2 Å². The highest BCUT2D eigenvalue weighted by Crippen LogP contribution is 2.49. The van der Waals surface area contributed by atoms with Crippen LogP contribution in [0.4, 0.5) is 0 Å². The van der Waals surface area contributed by atoms with Crippen molar-refractivity contribution < 1.29 is 14.6 Å². The Morgan fingerprint density at radius 3 is 2.81 bits per heavy atom. The number of aliphatic hydroxyl groups excluding tert-OH is 1. The summed E-state index contributed by atoms with van der Waals surface area (Å²) in [7, 11) is 2.19. The summed E-state index contributed by atoms with van der Waals surface area (Å²) < 4.78 is 12.1. The van der Waals surface area contributed by atoms with Gasteiger partial charge in [0, 0.05) is 11.5 Å². The lowest BCUT2D eigenvalue weighted by molar-refractivity contribution is 0.0566. The van der Waals surface area contributed by atoms with Crippen molar-refractivity contribution in [2.24, 2.45) is 0 Å². The molecule has 0 spiro atoms. The molecule has 3 atom stereocenters. The molecule has 0 unspecified atom stereocenters. The molecule has 0 amide bonds. The van der Waals surface area contributed by atoms with Crippen LogP contribution in [0.25, 0.3) is 0 Å². The molecular formula is C22H35NO3. The molecular weight excluding hydrogens is 326 g/mol. The minimum absolute atomic E-state index is 0.128. The molecule has 0 radical (unpaired) electrons. The SMILES string of the molecule is CCCCOc1cc([C@@]23CC[C@H](O)C[C@@H]2N(C)CC3)ccc1OC(C)C. The van der Waals surface area contributed by atoms with Crippen LogP contribution in [0.3, 0.4) is 0 Å². The number of likely N-dealkylation sites (tertiary alicyclic amines) is 1. The third-order valence-electron chi connectivity index (χ3n) is 6.14. The van der Waals surface area contributed by atoms with E-state index >= 15 is 0 Å². The highest BCUT2D eigenvalue weighted by molar-refractivity contribution is 5.47. The predicted molar refractivity (Wildman–Crippen MR) is 105 cm³/mol. The molecule has 1 saturated heterocycles. The predicted octanol–water partition coefficient (Wildman–Crippen LogP) is 4.14. The van der Waals surface area contributed by atoms with E-state index in [0.717, 1.165) is 63.2 Å². The number of benzene rings is 1. The normalized spacial score (nSPS) is 29.0. The molecule has 1 saturated carbocycles. The summed E-state index contributed by atoms with van der Waals surface area (Å²) in [5.41, 5.74) is 1.48. The van der Waals surface area contributed by atoms with E-state index in [1.165, 1.54) is 5.56 Å². The maximum atomic E-state index is 10.2. The zero-order valence-electron chi connectivity index (χ0n) is 16.8. The molecule has 4 heteroatoms. The summed E-state index contributed by atoms with van der Waals surface area (Å²) in [5.74, 6) is 1.72. The molecule has 1 aromatic rings. The third kappa shape index (κ3) is 3.86. The van der Waals surface area contributed by atoms with Crippen LogP contribution in [0, 0.1) is 0 Å². The molecule has 0 bridgehead atoms. The fourth-order valence-electron chi connectivity index (χ4n) is 4.71. The van der Waals surface area contributed by atoms with Crippen LogP contribution in [0.1, 0.15) is 64.9 Å². The van der Waals surface area contributed by atoms with Gasteiger partial charge in [0.2, 0.25) is 0 Å². The van der Waals surface area contributed by atoms with Gasteiger partial charge in [-0.05, 0) is 77.2 Å². The first-order valence-corrected chi connectivity index (χ1v) is 10.3. The van der Waals surface area contributed by atoms with Crippen molar-refractivity contribution in [3.8, 4) is 11.5 Å². The van der Waals surface area contributed by atoms with Gasteiger partial charge in [-0.3, -0.25) is 0 Å². The summed E-state index contributed by atoms with van der Waals surface area (Å²) in [5, 5.41) is 10.2. The van der Waals surface area contributed by atoms with E-state index in [2.05, 4.69) is 37.1 Å². The molecule has 1 aromatic carbocycles. The van der Waals surface area contributed by atoms with Crippen molar-refractivity contribution in [3.63, 3.8) is 0 Å². The molecule has 146 valence electrons. The van der Waals surface area contributed by atoms with Crippen molar-refractivity contribution >= 4 is 0 Å². The van der Waals surface area contributed by atoms with Crippen LogP contribution in [0.2, 0.25) is 0 Å². The minimum atomic E-state index is -0.169. The van der Waals surface area contributed by atoms with Gasteiger partial charge in [-0.25, -0.2) is 0 Å². The molecule has 1 aliphatic carbocycles. The van der Waals surface area contributed by atoms with E-state index < -0.39 is 0 Å². The van der Waals surface area contributed by atoms with Crippen molar-refractivity contribution in [1.82, 2.24) is 4.90 Å². The average molecular weight is 362 g/mol. The monoisotopic (exact) mass is 361 g/mol. The zero-order valence-corrected chi connectivity index (χ0v) is 16.8. The molecule has 0 aromatic heterocycles. The Hall–Kier alpha value is -1.26. The summed E-state index contributed by atoms with van der Waals surface area (Å²) >= 11 is 0. The maximum Gasteiger partial charge on any atom is 0.161 e. The molecule has 3 rings (SSSR count). The molecule has 1 aliphatic heterocycles. The van der Waals surface area contributed by atoms with E-state index in [1.807, 2.05) is 13.8 Å². The van der Waals surface area contributed by atoms with Crippen molar-refractivity contribution in [1.29, 1.82) is 0 Å². The quantitative estimate of drug-likeness (QED) is 0.741. The summed E-state index contributed by atoms with van der Waals surface area (Å²) in [4.78, 5) is 2.43. The molecule has 2 fully saturated rings. The maximum absolute atomic E-state index is 10.2. The van der Waals surface area contributed by atoms with Gasteiger partial charge in [0.1, 0.15) is 0 Å². The van der Waals surface area contributed by atoms with E-state index in [4.69, 9.17) is 9.47 Å². The van der Waals surface area contributed by atoms with E-state index in [-0.39, 0.29) is 17.6 Å². The standard InChI is InChI=1S/C22H35NO3/c1-5-6-13-25-20-14-17(7-8-19(20)26-16(2)3)22-10-9-18(24)15-21(22)23(4)12-11-22/h7-8,14,16,18,21,24H,5-6,9-13,15H2,1-4H3/t18-,21-,22-/m0/s1. The van der Waals surface area contributed by atoms with Crippen LogP contribution >= 0.6 is 0 Å². The van der Waals surface area contributed by atoms with Gasteiger partial charge in [-0.1, -0.05) is 19.4 Å². The first kappa shape index (κ1) is 19.5. The van der Waals surface area contributed by atoms with Crippen LogP contribution < -0.4 is 9.47 Å². The summed E-state index contributed by atoms with van der Waals surface area (Å²) in [6.45, 7) is 8.09. The largest absolute Gasteiger partial charge is 0.490 e. The second kappa shape index (κ2) is 8.18. The second-order valence-electron chi connectivity index (χ2n) is 8.36. The Morgan fingerprint density at radius 1 is 1.27 bits per heavy atom. The third-order valence-corrected chi connectivity index (χ3v) is 6.14. The van der Waals surface area contributed by atoms with E-state index in [9.17, 15) is 5.11 Å². The fraction of sp³-hybridized carbons (Fsp3) is 0.727. The lowest BCUT2D eigenvalue weighted by Crippen LogP contribution is -2.47. The average Bonchev–Trinajstić information content (AvgIpc) is 2.94. The van der Waals surface area contributed by atoms with Gasteiger partial charge < -0.3 is 19.5 Å². The van der Waals surface area contributed by atoms with Gasteiger partial charge in [0.15, 0.2) is 11.5 Å². The second-order valence-corrected chi connectivity index (χ2v) is 8.36. The Kier molecular flexibility index (Phi) is 6.13. The first-order valence-electron chi connectivity index (χ1n) is 10.3. The Bertz CT molecular complexity index is 603. The van der Waals surface area contributed by atoms with Gasteiger partial charge in [0.25, 0.3) is 0 Å². The van der Waals surface area contributed by atoms with Crippen molar-refractivity contribution in [2.45, 2.75) is 83.0 Å². The lowest BCUT2D eigenvalue weighted by Gasteiger charge is -2.43. The number of hydrogen-bond donors (Lipinski definition) is 1.